The second-order valence-electron chi connectivity index (χ2n) is 9.89. The SMILES string of the molecule is CC(C)n1cc(C(=O)Nc2ccc(Oc3cc(-c4cn(C)cn4)cnc3CC=N)nc2)c(=O)n(-c2ccc(F)cc2)c1=O. The number of nitrogens with zero attached hydrogens (tertiary/aromatic N) is 6. The van der Waals surface area contributed by atoms with E-state index in [2.05, 4.69) is 20.3 Å². The Kier molecular flexibility index (Phi) is 8.05. The van der Waals surface area contributed by atoms with E-state index in [9.17, 15) is 18.8 Å². The van der Waals surface area contributed by atoms with Crippen molar-refractivity contribution in [3.8, 4) is 28.6 Å². The topological polar surface area (TPSA) is 150 Å². The van der Waals surface area contributed by atoms with E-state index in [0.717, 1.165) is 22.3 Å². The summed E-state index contributed by atoms with van der Waals surface area (Å²) in [5.41, 5.74) is 0.573. The lowest BCUT2D eigenvalue weighted by molar-refractivity contribution is 0.102. The molecule has 0 unspecified atom stereocenters. The Hall–Kier alpha value is -5.72. The van der Waals surface area contributed by atoms with Crippen LogP contribution in [0.2, 0.25) is 0 Å². The average molecular weight is 583 g/mol. The van der Waals surface area contributed by atoms with Crippen molar-refractivity contribution in [1.82, 2.24) is 28.7 Å². The number of rotatable bonds is 9. The molecule has 218 valence electrons. The Bertz CT molecular complexity index is 1930. The molecule has 0 aliphatic heterocycles. The van der Waals surface area contributed by atoms with E-state index in [1.54, 1.807) is 38.5 Å². The Morgan fingerprint density at radius 1 is 1.07 bits per heavy atom. The van der Waals surface area contributed by atoms with Crippen molar-refractivity contribution in [1.29, 1.82) is 5.41 Å². The van der Waals surface area contributed by atoms with Gasteiger partial charge in [0.05, 0.1) is 35.3 Å². The van der Waals surface area contributed by atoms with Gasteiger partial charge in [0.25, 0.3) is 11.5 Å². The molecular formula is C30H27FN8O4. The van der Waals surface area contributed by atoms with Crippen LogP contribution < -0.4 is 21.3 Å². The highest BCUT2D eigenvalue weighted by Gasteiger charge is 2.20. The van der Waals surface area contributed by atoms with E-state index in [0.29, 0.717) is 17.1 Å². The van der Waals surface area contributed by atoms with E-state index in [1.807, 2.05) is 17.8 Å². The number of hydrogen-bond acceptors (Lipinski definition) is 8. The van der Waals surface area contributed by atoms with Gasteiger partial charge in [-0.2, -0.15) is 0 Å². The summed E-state index contributed by atoms with van der Waals surface area (Å²) in [6.45, 7) is 3.47. The highest BCUT2D eigenvalue weighted by atomic mass is 19.1. The number of aromatic nitrogens is 6. The molecule has 0 fully saturated rings. The molecule has 5 rings (SSSR count). The summed E-state index contributed by atoms with van der Waals surface area (Å²) in [4.78, 5) is 52.6. The monoisotopic (exact) mass is 582 g/mol. The summed E-state index contributed by atoms with van der Waals surface area (Å²) >= 11 is 0. The zero-order chi connectivity index (χ0) is 30.7. The lowest BCUT2D eigenvalue weighted by atomic mass is 10.1. The van der Waals surface area contributed by atoms with Crippen molar-refractivity contribution < 1.29 is 13.9 Å². The molecule has 13 heteroatoms. The molecule has 43 heavy (non-hydrogen) atoms. The molecule has 1 aromatic carbocycles. The first-order valence-corrected chi connectivity index (χ1v) is 13.2. The van der Waals surface area contributed by atoms with Crippen LogP contribution in [-0.4, -0.2) is 40.8 Å². The van der Waals surface area contributed by atoms with Gasteiger partial charge in [-0.1, -0.05) is 0 Å². The number of anilines is 1. The number of pyridine rings is 2. The molecule has 0 aliphatic rings. The summed E-state index contributed by atoms with van der Waals surface area (Å²) in [7, 11) is 1.86. The second kappa shape index (κ2) is 12.0. The van der Waals surface area contributed by atoms with E-state index >= 15 is 0 Å². The third kappa shape index (κ3) is 6.15. The van der Waals surface area contributed by atoms with Crippen LogP contribution in [0, 0.1) is 11.2 Å². The summed E-state index contributed by atoms with van der Waals surface area (Å²) in [6, 6.07) is 9.31. The highest BCUT2D eigenvalue weighted by Crippen LogP contribution is 2.28. The van der Waals surface area contributed by atoms with Gasteiger partial charge in [-0.3, -0.25) is 19.1 Å². The van der Waals surface area contributed by atoms with Crippen molar-refractivity contribution in [2.75, 3.05) is 5.32 Å². The molecule has 0 spiro atoms. The van der Waals surface area contributed by atoms with E-state index in [4.69, 9.17) is 10.1 Å². The Morgan fingerprint density at radius 3 is 2.47 bits per heavy atom. The maximum atomic E-state index is 13.5. The number of carbonyl (C=O) groups excluding carboxylic acids is 1. The van der Waals surface area contributed by atoms with Gasteiger partial charge < -0.3 is 20.0 Å². The zero-order valence-corrected chi connectivity index (χ0v) is 23.5. The van der Waals surface area contributed by atoms with E-state index < -0.39 is 23.0 Å². The number of nitrogens with one attached hydrogen (secondary N) is 2. The predicted molar refractivity (Wildman–Crippen MR) is 158 cm³/mol. The van der Waals surface area contributed by atoms with Crippen molar-refractivity contribution >= 4 is 17.8 Å². The van der Waals surface area contributed by atoms with Crippen LogP contribution in [-0.2, 0) is 13.5 Å². The number of hydrogen-bond donors (Lipinski definition) is 2. The molecular weight excluding hydrogens is 555 g/mol. The fourth-order valence-corrected chi connectivity index (χ4v) is 4.25. The third-order valence-corrected chi connectivity index (χ3v) is 6.43. The summed E-state index contributed by atoms with van der Waals surface area (Å²) in [5.74, 6) is -0.686. The van der Waals surface area contributed by atoms with Crippen molar-refractivity contribution in [2.45, 2.75) is 26.3 Å². The van der Waals surface area contributed by atoms with Crippen LogP contribution in [0.4, 0.5) is 10.1 Å². The van der Waals surface area contributed by atoms with Gasteiger partial charge in [-0.25, -0.2) is 23.7 Å². The van der Waals surface area contributed by atoms with Gasteiger partial charge in [-0.05, 0) is 50.2 Å². The molecule has 4 aromatic heterocycles. The molecule has 2 N–H and O–H groups in total. The van der Waals surface area contributed by atoms with Gasteiger partial charge in [0.15, 0.2) is 5.75 Å². The molecule has 5 aromatic rings. The maximum absolute atomic E-state index is 13.5. The number of imidazole rings is 1. The minimum absolute atomic E-state index is 0.132. The average Bonchev–Trinajstić information content (AvgIpc) is 3.42. The molecule has 0 bridgehead atoms. The Labute approximate surface area is 244 Å². The molecule has 0 atom stereocenters. The molecule has 0 aliphatic carbocycles. The van der Waals surface area contributed by atoms with Crippen LogP contribution in [0.15, 0.2) is 83.2 Å². The molecule has 0 radical (unpaired) electrons. The first kappa shape index (κ1) is 28.8. The molecule has 12 nitrogen and oxygen atoms in total. The lowest BCUT2D eigenvalue weighted by Crippen LogP contribution is -2.42. The van der Waals surface area contributed by atoms with Crippen molar-refractivity contribution in [3.63, 3.8) is 0 Å². The van der Waals surface area contributed by atoms with Crippen LogP contribution in [0.3, 0.4) is 0 Å². The standard InChI is InChI=1S/C30H27FN8O4/c1-18(2)38-15-23(29(41)39(30(38)42)22-7-4-20(31)5-8-22)28(40)36-21-6-9-27(34-14-21)43-26-12-19(13-33-24(26)10-11-32)25-16-37(3)17-35-25/h4-9,11-18,32H,10H2,1-3H3,(H,36,40). The van der Waals surface area contributed by atoms with Crippen molar-refractivity contribution in [3.05, 3.63) is 111 Å². The van der Waals surface area contributed by atoms with Crippen molar-refractivity contribution in [2.24, 2.45) is 7.05 Å². The molecule has 0 saturated heterocycles. The molecule has 1 amide bonds. The minimum atomic E-state index is -0.849. The summed E-state index contributed by atoms with van der Waals surface area (Å²) in [5, 5.41) is 10.1. The van der Waals surface area contributed by atoms with Gasteiger partial charge in [-0.15, -0.1) is 0 Å². The minimum Gasteiger partial charge on any atom is -0.437 e. The molecule has 4 heterocycles. The Balaban J connectivity index is 1.41. The molecule has 0 saturated carbocycles. The second-order valence-corrected chi connectivity index (χ2v) is 9.89. The van der Waals surface area contributed by atoms with Gasteiger partial charge in [0, 0.05) is 55.9 Å². The van der Waals surface area contributed by atoms with E-state index in [1.165, 1.54) is 41.4 Å². The Morgan fingerprint density at radius 2 is 1.84 bits per heavy atom. The first-order valence-electron chi connectivity index (χ1n) is 13.2. The number of halogens is 1. The number of carbonyl (C=O) groups is 1. The largest absolute Gasteiger partial charge is 0.437 e. The quantitative estimate of drug-likeness (QED) is 0.248. The number of ether oxygens (including phenoxy) is 1. The first-order chi connectivity index (χ1) is 20.6. The third-order valence-electron chi connectivity index (χ3n) is 6.43. The van der Waals surface area contributed by atoms with E-state index in [-0.39, 0.29) is 35.3 Å². The van der Waals surface area contributed by atoms with Gasteiger partial charge >= 0.3 is 5.69 Å². The fraction of sp³-hybridized carbons (Fsp3) is 0.167. The maximum Gasteiger partial charge on any atom is 0.335 e. The van der Waals surface area contributed by atoms with Gasteiger partial charge in [0.2, 0.25) is 5.88 Å². The summed E-state index contributed by atoms with van der Waals surface area (Å²) in [6.07, 6.45) is 9.21. The normalized spacial score (nSPS) is 11.0. The zero-order valence-electron chi connectivity index (χ0n) is 23.5. The predicted octanol–water partition coefficient (Wildman–Crippen LogP) is 4.15. The smallest absolute Gasteiger partial charge is 0.335 e. The van der Waals surface area contributed by atoms with Crippen LogP contribution in [0.25, 0.3) is 16.9 Å². The van der Waals surface area contributed by atoms with Gasteiger partial charge in [0.1, 0.15) is 11.4 Å². The van der Waals surface area contributed by atoms with Crippen LogP contribution in [0.5, 0.6) is 11.6 Å². The number of aryl methyl sites for hydroxylation is 1. The highest BCUT2D eigenvalue weighted by molar-refractivity contribution is 6.03. The van der Waals surface area contributed by atoms with Crippen LogP contribution >= 0.6 is 0 Å². The summed E-state index contributed by atoms with van der Waals surface area (Å²) < 4.78 is 23.4. The van der Waals surface area contributed by atoms with Crippen LogP contribution in [0.1, 0.15) is 35.9 Å². The fourth-order valence-electron chi connectivity index (χ4n) is 4.25. The lowest BCUT2D eigenvalue weighted by Gasteiger charge is -2.15. The number of amides is 1. The number of benzene rings is 1.